The van der Waals surface area contributed by atoms with E-state index in [9.17, 15) is 18.0 Å². The third-order valence-corrected chi connectivity index (χ3v) is 7.12. The van der Waals surface area contributed by atoms with Gasteiger partial charge in [-0.15, -0.1) is 11.3 Å². The number of sulfone groups is 1. The number of nitrogens with zero attached hydrogens (tertiary/aromatic N) is 1. The Kier molecular flexibility index (Phi) is 7.65. The highest BCUT2D eigenvalue weighted by atomic mass is 35.5. The van der Waals surface area contributed by atoms with E-state index in [4.69, 9.17) is 16.3 Å². The van der Waals surface area contributed by atoms with E-state index < -0.39 is 27.3 Å². The maximum absolute atomic E-state index is 12.6. The number of benzene rings is 2. The Morgan fingerprint density at radius 1 is 1.16 bits per heavy atom. The number of carbonyl (C=O) groups excluding carboxylic acids is 2. The number of rotatable bonds is 9. The maximum Gasteiger partial charge on any atom is 0.241 e. The molecule has 3 aromatic rings. The zero-order valence-corrected chi connectivity index (χ0v) is 19.8. The van der Waals surface area contributed by atoms with Gasteiger partial charge in [-0.1, -0.05) is 23.7 Å². The first kappa shape index (κ1) is 23.9. The van der Waals surface area contributed by atoms with Crippen molar-refractivity contribution in [2.45, 2.75) is 19.1 Å². The molecule has 1 amide bonds. The van der Waals surface area contributed by atoms with Crippen LogP contribution in [0.2, 0.25) is 5.02 Å². The fourth-order valence-electron chi connectivity index (χ4n) is 3.00. The molecule has 3 rings (SSSR count). The summed E-state index contributed by atoms with van der Waals surface area (Å²) in [5, 5.41) is 3.52. The number of carbonyl (C=O) groups is 2. The Bertz CT molecular complexity index is 1240. The first-order valence-corrected chi connectivity index (χ1v) is 12.5. The van der Waals surface area contributed by atoms with E-state index in [0.717, 1.165) is 10.4 Å². The molecule has 1 heterocycles. The number of methoxy groups -OCH3 is 1. The molecular weight excluding hydrogens is 472 g/mol. The number of hydrogen-bond acceptors (Lipinski definition) is 7. The number of aromatic nitrogens is 1. The van der Waals surface area contributed by atoms with E-state index in [-0.39, 0.29) is 5.78 Å². The van der Waals surface area contributed by atoms with E-state index in [1.54, 1.807) is 30.5 Å². The maximum atomic E-state index is 12.6. The highest BCUT2D eigenvalue weighted by Gasteiger charge is 2.21. The number of halogens is 1. The molecule has 0 spiro atoms. The molecule has 168 valence electrons. The topological polar surface area (TPSA) is 102 Å². The van der Waals surface area contributed by atoms with Crippen molar-refractivity contribution in [3.63, 3.8) is 0 Å². The van der Waals surface area contributed by atoms with Crippen molar-refractivity contribution in [1.29, 1.82) is 0 Å². The molecule has 0 radical (unpaired) electrons. The molecule has 1 aromatic heterocycles. The van der Waals surface area contributed by atoms with E-state index in [1.807, 2.05) is 12.1 Å². The van der Waals surface area contributed by atoms with Crippen LogP contribution in [0.3, 0.4) is 0 Å². The monoisotopic (exact) mass is 492 g/mol. The van der Waals surface area contributed by atoms with E-state index in [1.165, 1.54) is 31.4 Å². The van der Waals surface area contributed by atoms with Crippen LogP contribution in [0.1, 0.15) is 33.3 Å². The first-order chi connectivity index (χ1) is 15.1. The molecular formula is C22H21ClN2O5S2. The van der Waals surface area contributed by atoms with Crippen LogP contribution < -0.4 is 10.1 Å². The van der Waals surface area contributed by atoms with Crippen molar-refractivity contribution in [3.8, 4) is 5.75 Å². The lowest BCUT2D eigenvalue weighted by Crippen LogP contribution is -2.24. The third kappa shape index (κ3) is 6.62. The van der Waals surface area contributed by atoms with Gasteiger partial charge in [0.25, 0.3) is 0 Å². The Labute approximate surface area is 195 Å². The molecule has 0 fully saturated rings. The molecule has 1 N–H and O–H groups in total. The summed E-state index contributed by atoms with van der Waals surface area (Å²) in [6, 6.07) is 12.0. The minimum absolute atomic E-state index is 0.192. The number of Topliss-reactive ketones (excluding diaryl/α,β-unsaturated/α-hetero) is 1. The third-order valence-electron chi connectivity index (χ3n) is 4.50. The van der Waals surface area contributed by atoms with Gasteiger partial charge in [0.1, 0.15) is 11.5 Å². The molecule has 0 aliphatic rings. The molecule has 0 unspecified atom stereocenters. The zero-order valence-electron chi connectivity index (χ0n) is 17.4. The molecule has 0 atom stereocenters. The van der Waals surface area contributed by atoms with Crippen LogP contribution in [0.4, 0.5) is 5.13 Å². The van der Waals surface area contributed by atoms with Crippen molar-refractivity contribution < 1.29 is 22.7 Å². The Morgan fingerprint density at radius 3 is 2.53 bits per heavy atom. The Morgan fingerprint density at radius 2 is 1.88 bits per heavy atom. The number of nitrogens with one attached hydrogen (secondary N) is 1. The van der Waals surface area contributed by atoms with Crippen LogP contribution in [0.25, 0.3) is 0 Å². The minimum Gasteiger partial charge on any atom is -0.496 e. The van der Waals surface area contributed by atoms with Gasteiger partial charge in [0.2, 0.25) is 5.91 Å². The predicted octanol–water partition coefficient (Wildman–Crippen LogP) is 4.15. The fourth-order valence-corrected chi connectivity index (χ4v) is 5.27. The molecule has 0 saturated carbocycles. The second-order valence-corrected chi connectivity index (χ2v) is 10.7. The van der Waals surface area contributed by atoms with Crippen molar-refractivity contribution >= 4 is 49.6 Å². The lowest BCUT2D eigenvalue weighted by Gasteiger charge is -2.10. The average molecular weight is 493 g/mol. The second kappa shape index (κ2) is 10.2. The van der Waals surface area contributed by atoms with Crippen LogP contribution >= 0.6 is 22.9 Å². The van der Waals surface area contributed by atoms with Crippen LogP contribution in [-0.2, 0) is 26.8 Å². The smallest absolute Gasteiger partial charge is 0.241 e. The van der Waals surface area contributed by atoms with Gasteiger partial charge in [0.15, 0.2) is 20.8 Å². The van der Waals surface area contributed by atoms with Crippen molar-refractivity contribution in [2.24, 2.45) is 0 Å². The van der Waals surface area contributed by atoms with Crippen LogP contribution in [-0.4, -0.2) is 38.0 Å². The van der Waals surface area contributed by atoms with Gasteiger partial charge in [-0.2, -0.15) is 0 Å². The normalized spacial score (nSPS) is 11.2. The summed E-state index contributed by atoms with van der Waals surface area (Å²) < 4.78 is 30.4. The first-order valence-electron chi connectivity index (χ1n) is 9.52. The predicted molar refractivity (Wildman–Crippen MR) is 125 cm³/mol. The standard InChI is InChI=1S/C22H21ClN2O5S2/c1-14(26)16-5-8-20(30-2)17(10-16)12-32(28,29)13-21(27)25-22-24-11-19(31-22)9-15-3-6-18(23)7-4-15/h3-8,10-11H,9,12-13H2,1-2H3,(H,24,25,27). The molecule has 10 heteroatoms. The summed E-state index contributed by atoms with van der Waals surface area (Å²) in [5.41, 5.74) is 1.74. The van der Waals surface area contributed by atoms with Gasteiger partial charge in [0, 0.05) is 33.6 Å². The summed E-state index contributed by atoms with van der Waals surface area (Å²) in [6.07, 6.45) is 2.26. The van der Waals surface area contributed by atoms with Gasteiger partial charge in [0.05, 0.1) is 12.9 Å². The van der Waals surface area contributed by atoms with E-state index >= 15 is 0 Å². The van der Waals surface area contributed by atoms with Crippen LogP contribution in [0.5, 0.6) is 5.75 Å². The molecule has 32 heavy (non-hydrogen) atoms. The van der Waals surface area contributed by atoms with Gasteiger partial charge in [-0.25, -0.2) is 13.4 Å². The number of ketones is 1. The summed E-state index contributed by atoms with van der Waals surface area (Å²) >= 11 is 7.16. The van der Waals surface area contributed by atoms with Gasteiger partial charge in [-0.05, 0) is 42.8 Å². The molecule has 0 aliphatic heterocycles. The summed E-state index contributed by atoms with van der Waals surface area (Å²) in [4.78, 5) is 29.0. The number of anilines is 1. The molecule has 0 bridgehead atoms. The largest absolute Gasteiger partial charge is 0.496 e. The number of thiazole rings is 1. The lowest BCUT2D eigenvalue weighted by molar-refractivity contribution is -0.113. The van der Waals surface area contributed by atoms with Crippen molar-refractivity contribution in [1.82, 2.24) is 4.98 Å². The molecule has 2 aromatic carbocycles. The quantitative estimate of drug-likeness (QED) is 0.450. The molecule has 0 saturated heterocycles. The highest BCUT2D eigenvalue weighted by molar-refractivity contribution is 7.91. The Balaban J connectivity index is 1.63. The summed E-state index contributed by atoms with van der Waals surface area (Å²) in [5.74, 6) is -1.68. The summed E-state index contributed by atoms with van der Waals surface area (Å²) in [7, 11) is -2.40. The second-order valence-electron chi connectivity index (χ2n) is 7.10. The zero-order chi connectivity index (χ0) is 23.3. The molecule has 7 nitrogen and oxygen atoms in total. The van der Waals surface area contributed by atoms with Crippen LogP contribution in [0.15, 0.2) is 48.7 Å². The van der Waals surface area contributed by atoms with Crippen molar-refractivity contribution in [2.75, 3.05) is 18.2 Å². The minimum atomic E-state index is -3.81. The van der Waals surface area contributed by atoms with Gasteiger partial charge < -0.3 is 10.1 Å². The number of hydrogen-bond donors (Lipinski definition) is 1. The number of amides is 1. The SMILES string of the molecule is COc1ccc(C(C)=O)cc1CS(=O)(=O)CC(=O)Nc1ncc(Cc2ccc(Cl)cc2)s1. The van der Waals surface area contributed by atoms with Gasteiger partial charge in [-0.3, -0.25) is 9.59 Å². The molecule has 0 aliphatic carbocycles. The highest BCUT2D eigenvalue weighted by Crippen LogP contribution is 2.24. The van der Waals surface area contributed by atoms with E-state index in [0.29, 0.717) is 33.5 Å². The van der Waals surface area contributed by atoms with E-state index in [2.05, 4.69) is 10.3 Å². The average Bonchev–Trinajstić information content (AvgIpc) is 3.15. The van der Waals surface area contributed by atoms with Gasteiger partial charge >= 0.3 is 0 Å². The number of ether oxygens (including phenoxy) is 1. The summed E-state index contributed by atoms with van der Waals surface area (Å²) in [6.45, 7) is 1.39. The lowest BCUT2D eigenvalue weighted by atomic mass is 10.1. The van der Waals surface area contributed by atoms with Crippen LogP contribution in [0, 0.1) is 0 Å². The Hall–Kier alpha value is -2.75. The fraction of sp³-hybridized carbons (Fsp3) is 0.227. The van der Waals surface area contributed by atoms with Crippen molar-refractivity contribution in [3.05, 3.63) is 75.3 Å².